The Morgan fingerprint density at radius 3 is 1.38 bits per heavy atom. The van der Waals surface area contributed by atoms with E-state index in [-0.39, 0.29) is 11.9 Å². The van der Waals surface area contributed by atoms with E-state index in [1.165, 1.54) is 0 Å². The van der Waals surface area contributed by atoms with Gasteiger partial charge in [0.2, 0.25) is 5.91 Å². The van der Waals surface area contributed by atoms with E-state index in [0.717, 1.165) is 28.2 Å². The molecule has 0 aromatic heterocycles. The highest BCUT2D eigenvalue weighted by Gasteiger charge is 2.26. The lowest BCUT2D eigenvalue weighted by Gasteiger charge is -2.32. The van der Waals surface area contributed by atoms with Gasteiger partial charge in [0.1, 0.15) is 0 Å². The third-order valence-corrected chi connectivity index (χ3v) is 5.08. The standard InChI is InChI=1S/C25H29N3O/c1-19(29)28(24-9-7-6-8-10-24)25(20-11-15-22(16-12-20)26(2)3)21-13-17-23(18-14-21)27(4)5/h6-18,25H,1-5H3. The van der Waals surface area contributed by atoms with Crippen LogP contribution in [0.4, 0.5) is 17.1 Å². The lowest BCUT2D eigenvalue weighted by Crippen LogP contribution is -2.34. The Morgan fingerprint density at radius 2 is 1.03 bits per heavy atom. The van der Waals surface area contributed by atoms with E-state index in [0.29, 0.717) is 0 Å². The molecule has 0 unspecified atom stereocenters. The number of benzene rings is 3. The summed E-state index contributed by atoms with van der Waals surface area (Å²) in [5.74, 6) is 0.00886. The van der Waals surface area contributed by atoms with Crippen LogP contribution in [0.3, 0.4) is 0 Å². The number of rotatable bonds is 6. The highest BCUT2D eigenvalue weighted by Crippen LogP contribution is 2.34. The highest BCUT2D eigenvalue weighted by molar-refractivity contribution is 5.93. The number of anilines is 3. The molecule has 29 heavy (non-hydrogen) atoms. The van der Waals surface area contributed by atoms with E-state index >= 15 is 0 Å². The molecule has 150 valence electrons. The van der Waals surface area contributed by atoms with Crippen molar-refractivity contribution in [2.75, 3.05) is 42.9 Å². The van der Waals surface area contributed by atoms with Gasteiger partial charge >= 0.3 is 0 Å². The van der Waals surface area contributed by atoms with Crippen molar-refractivity contribution in [2.45, 2.75) is 13.0 Å². The van der Waals surface area contributed by atoms with Crippen molar-refractivity contribution >= 4 is 23.0 Å². The molecular weight excluding hydrogens is 358 g/mol. The zero-order valence-electron chi connectivity index (χ0n) is 17.8. The quantitative estimate of drug-likeness (QED) is 0.598. The van der Waals surface area contributed by atoms with Gasteiger partial charge < -0.3 is 14.7 Å². The van der Waals surface area contributed by atoms with Crippen molar-refractivity contribution in [3.8, 4) is 0 Å². The van der Waals surface area contributed by atoms with Crippen molar-refractivity contribution in [3.63, 3.8) is 0 Å². The minimum Gasteiger partial charge on any atom is -0.378 e. The van der Waals surface area contributed by atoms with E-state index in [2.05, 4.69) is 58.3 Å². The third-order valence-electron chi connectivity index (χ3n) is 5.08. The second-order valence-corrected chi connectivity index (χ2v) is 7.60. The van der Waals surface area contributed by atoms with Gasteiger partial charge in [-0.25, -0.2) is 0 Å². The number of hydrogen-bond donors (Lipinski definition) is 0. The van der Waals surface area contributed by atoms with Crippen LogP contribution in [0.2, 0.25) is 0 Å². The van der Waals surface area contributed by atoms with Gasteiger partial charge in [0.25, 0.3) is 0 Å². The van der Waals surface area contributed by atoms with Gasteiger partial charge in [-0.1, -0.05) is 42.5 Å². The van der Waals surface area contributed by atoms with Crippen LogP contribution < -0.4 is 14.7 Å². The second kappa shape index (κ2) is 8.82. The Labute approximate surface area is 174 Å². The molecule has 0 bridgehead atoms. The topological polar surface area (TPSA) is 26.8 Å². The third kappa shape index (κ3) is 4.60. The van der Waals surface area contributed by atoms with Crippen molar-refractivity contribution in [2.24, 2.45) is 0 Å². The van der Waals surface area contributed by atoms with E-state index in [1.54, 1.807) is 6.92 Å². The zero-order valence-corrected chi connectivity index (χ0v) is 17.8. The fourth-order valence-corrected chi connectivity index (χ4v) is 3.50. The summed E-state index contributed by atoms with van der Waals surface area (Å²) in [6, 6.07) is 26.5. The summed E-state index contributed by atoms with van der Waals surface area (Å²) in [4.78, 5) is 18.8. The minimum atomic E-state index is -0.206. The Hall–Kier alpha value is -3.27. The van der Waals surface area contributed by atoms with Gasteiger partial charge in [-0.15, -0.1) is 0 Å². The van der Waals surface area contributed by atoms with Crippen LogP contribution in [-0.2, 0) is 4.79 Å². The molecule has 3 aromatic carbocycles. The molecule has 4 nitrogen and oxygen atoms in total. The fraction of sp³-hybridized carbons (Fsp3) is 0.240. The summed E-state index contributed by atoms with van der Waals surface area (Å²) < 4.78 is 0. The number of carbonyl (C=O) groups is 1. The Morgan fingerprint density at radius 1 is 0.621 bits per heavy atom. The van der Waals surface area contributed by atoms with Crippen molar-refractivity contribution < 1.29 is 4.79 Å². The number of hydrogen-bond acceptors (Lipinski definition) is 3. The highest BCUT2D eigenvalue weighted by atomic mass is 16.2. The maximum atomic E-state index is 12.8. The normalized spacial score (nSPS) is 10.7. The number of amides is 1. The minimum absolute atomic E-state index is 0.00886. The van der Waals surface area contributed by atoms with Gasteiger partial charge in [0.15, 0.2) is 0 Å². The first-order valence-electron chi connectivity index (χ1n) is 9.78. The van der Waals surface area contributed by atoms with Crippen LogP contribution in [0.15, 0.2) is 78.9 Å². The molecular formula is C25H29N3O. The number of carbonyl (C=O) groups excluding carboxylic acids is 1. The summed E-state index contributed by atoms with van der Waals surface area (Å²) in [7, 11) is 8.10. The first-order valence-corrected chi connectivity index (χ1v) is 9.78. The average Bonchev–Trinajstić information content (AvgIpc) is 2.72. The molecule has 3 rings (SSSR count). The predicted molar refractivity (Wildman–Crippen MR) is 123 cm³/mol. The van der Waals surface area contributed by atoms with E-state index < -0.39 is 0 Å². The predicted octanol–water partition coefficient (Wildman–Crippen LogP) is 4.96. The molecule has 1 amide bonds. The van der Waals surface area contributed by atoms with Crippen LogP contribution in [0.25, 0.3) is 0 Å². The van der Waals surface area contributed by atoms with Crippen LogP contribution in [0, 0.1) is 0 Å². The molecule has 3 aromatic rings. The molecule has 0 aliphatic heterocycles. The fourth-order valence-electron chi connectivity index (χ4n) is 3.50. The van der Waals surface area contributed by atoms with Crippen LogP contribution >= 0.6 is 0 Å². The van der Waals surface area contributed by atoms with E-state index in [4.69, 9.17) is 0 Å². The molecule has 0 radical (unpaired) electrons. The Kier molecular flexibility index (Phi) is 6.23. The van der Waals surface area contributed by atoms with Crippen LogP contribution in [0.1, 0.15) is 24.1 Å². The molecule has 0 saturated heterocycles. The lowest BCUT2D eigenvalue weighted by atomic mass is 9.95. The molecule has 4 heteroatoms. The summed E-state index contributed by atoms with van der Waals surface area (Å²) in [5, 5.41) is 0. The first kappa shape index (κ1) is 20.5. The monoisotopic (exact) mass is 387 g/mol. The molecule has 0 heterocycles. The van der Waals surface area contributed by atoms with Gasteiger partial charge in [-0.3, -0.25) is 4.79 Å². The van der Waals surface area contributed by atoms with Gasteiger partial charge in [-0.2, -0.15) is 0 Å². The summed E-state index contributed by atoms with van der Waals surface area (Å²) in [5.41, 5.74) is 5.30. The van der Waals surface area contributed by atoms with E-state index in [9.17, 15) is 4.79 Å². The van der Waals surface area contributed by atoms with Gasteiger partial charge in [0.05, 0.1) is 6.04 Å². The van der Waals surface area contributed by atoms with Gasteiger partial charge in [0, 0.05) is 52.2 Å². The maximum absolute atomic E-state index is 12.8. The second-order valence-electron chi connectivity index (χ2n) is 7.60. The van der Waals surface area contributed by atoms with Crippen molar-refractivity contribution in [1.82, 2.24) is 0 Å². The number of nitrogens with zero attached hydrogens (tertiary/aromatic N) is 3. The van der Waals surface area contributed by atoms with Crippen molar-refractivity contribution in [3.05, 3.63) is 90.0 Å². The number of para-hydroxylation sites is 1. The Bertz CT molecular complexity index is 881. The van der Waals surface area contributed by atoms with Crippen LogP contribution in [0.5, 0.6) is 0 Å². The molecule has 0 N–H and O–H groups in total. The SMILES string of the molecule is CC(=O)N(c1ccccc1)C(c1ccc(N(C)C)cc1)c1ccc(N(C)C)cc1. The average molecular weight is 388 g/mol. The Balaban J connectivity index is 2.13. The van der Waals surface area contributed by atoms with Crippen LogP contribution in [-0.4, -0.2) is 34.1 Å². The van der Waals surface area contributed by atoms with Gasteiger partial charge in [-0.05, 0) is 47.5 Å². The largest absolute Gasteiger partial charge is 0.378 e. The first-order chi connectivity index (χ1) is 13.9. The maximum Gasteiger partial charge on any atom is 0.224 e. The zero-order chi connectivity index (χ0) is 21.0. The smallest absolute Gasteiger partial charge is 0.224 e. The molecule has 0 aliphatic rings. The van der Waals surface area contributed by atoms with Crippen molar-refractivity contribution in [1.29, 1.82) is 0 Å². The summed E-state index contributed by atoms with van der Waals surface area (Å²) >= 11 is 0. The summed E-state index contributed by atoms with van der Waals surface area (Å²) in [6.07, 6.45) is 0. The lowest BCUT2D eigenvalue weighted by molar-refractivity contribution is -0.116. The van der Waals surface area contributed by atoms with E-state index in [1.807, 2.05) is 63.4 Å². The summed E-state index contributed by atoms with van der Waals surface area (Å²) in [6.45, 7) is 1.63. The molecule has 0 spiro atoms. The molecule has 0 saturated carbocycles. The molecule has 0 aliphatic carbocycles. The molecule has 0 atom stereocenters. The molecule has 0 fully saturated rings.